The second kappa shape index (κ2) is 8.59. The van der Waals surface area contributed by atoms with Gasteiger partial charge in [0.2, 0.25) is 0 Å². The van der Waals surface area contributed by atoms with Crippen LogP contribution in [0.1, 0.15) is 37.3 Å². The normalized spacial score (nSPS) is 11.2. The maximum Gasteiger partial charge on any atom is 0.326 e. The lowest BCUT2D eigenvalue weighted by Gasteiger charge is -2.14. The van der Waals surface area contributed by atoms with Crippen molar-refractivity contribution in [3.05, 3.63) is 35.4 Å². The number of carboxylic acid groups (broad SMARTS) is 1. The fourth-order valence-corrected chi connectivity index (χ4v) is 1.81. The fourth-order valence-electron chi connectivity index (χ4n) is 1.81. The molecule has 3 N–H and O–H groups in total. The minimum absolute atomic E-state index is 0.238. The van der Waals surface area contributed by atoms with E-state index in [-0.39, 0.29) is 6.54 Å². The van der Waals surface area contributed by atoms with Gasteiger partial charge in [-0.3, -0.25) is 0 Å². The van der Waals surface area contributed by atoms with E-state index in [0.717, 1.165) is 18.4 Å². The van der Waals surface area contributed by atoms with Gasteiger partial charge in [0.25, 0.3) is 0 Å². The summed E-state index contributed by atoms with van der Waals surface area (Å²) >= 11 is 0. The Balaban J connectivity index is 2.48. The Morgan fingerprint density at radius 2 is 2.19 bits per heavy atom. The molecule has 0 heterocycles. The van der Waals surface area contributed by atoms with Crippen LogP contribution in [-0.4, -0.2) is 23.1 Å². The maximum absolute atomic E-state index is 11.7. The summed E-state index contributed by atoms with van der Waals surface area (Å²) in [6, 6.07) is 7.48. The van der Waals surface area contributed by atoms with E-state index in [2.05, 4.69) is 10.6 Å². The summed E-state index contributed by atoms with van der Waals surface area (Å²) in [5.41, 5.74) is 1.30. The number of amides is 2. The van der Waals surface area contributed by atoms with Crippen molar-refractivity contribution < 1.29 is 14.7 Å². The summed E-state index contributed by atoms with van der Waals surface area (Å²) in [7, 11) is 0. The van der Waals surface area contributed by atoms with Crippen LogP contribution >= 0.6 is 0 Å². The van der Waals surface area contributed by atoms with E-state index in [1.165, 1.54) is 0 Å². The largest absolute Gasteiger partial charge is 0.480 e. The predicted octanol–water partition coefficient (Wildman–Crippen LogP) is 2.00. The summed E-state index contributed by atoms with van der Waals surface area (Å²) in [6.45, 7) is 2.20. The average Bonchev–Trinajstić information content (AvgIpc) is 2.49. The lowest BCUT2D eigenvalue weighted by Crippen LogP contribution is -2.45. The van der Waals surface area contributed by atoms with Crippen LogP contribution in [0.2, 0.25) is 0 Å². The standard InChI is InChI=1S/C15H19N3O3/c1-2-3-7-13(14(19)20)18-15(21)17-10-12-6-4-5-11(8-12)9-16/h4-6,8,13H,2-3,7,10H2,1H3,(H,19,20)(H2,17,18,21)/t13-/m0/s1. The topological polar surface area (TPSA) is 102 Å². The van der Waals surface area contributed by atoms with Crippen LogP contribution in [0.15, 0.2) is 24.3 Å². The minimum Gasteiger partial charge on any atom is -0.480 e. The first-order valence-corrected chi connectivity index (χ1v) is 6.83. The Morgan fingerprint density at radius 1 is 1.43 bits per heavy atom. The number of hydrogen-bond acceptors (Lipinski definition) is 3. The summed E-state index contributed by atoms with van der Waals surface area (Å²) in [6.07, 6.45) is 2.01. The molecular weight excluding hydrogens is 270 g/mol. The quantitative estimate of drug-likeness (QED) is 0.714. The minimum atomic E-state index is -1.04. The number of carbonyl (C=O) groups excluding carboxylic acids is 1. The third kappa shape index (κ3) is 5.95. The molecule has 6 nitrogen and oxygen atoms in total. The zero-order chi connectivity index (χ0) is 15.7. The highest BCUT2D eigenvalue weighted by Gasteiger charge is 2.18. The molecule has 6 heteroatoms. The molecule has 0 spiro atoms. The lowest BCUT2D eigenvalue weighted by atomic mass is 10.1. The van der Waals surface area contributed by atoms with Crippen LogP contribution in [0.3, 0.4) is 0 Å². The molecule has 0 fully saturated rings. The van der Waals surface area contributed by atoms with Crippen LogP contribution < -0.4 is 10.6 Å². The van der Waals surface area contributed by atoms with Crippen molar-refractivity contribution in [3.63, 3.8) is 0 Å². The van der Waals surface area contributed by atoms with Gasteiger partial charge in [0, 0.05) is 6.54 Å². The number of benzene rings is 1. The van der Waals surface area contributed by atoms with E-state index in [1.807, 2.05) is 13.0 Å². The molecule has 0 saturated heterocycles. The van der Waals surface area contributed by atoms with Crippen molar-refractivity contribution in [2.45, 2.75) is 38.8 Å². The van der Waals surface area contributed by atoms with Gasteiger partial charge < -0.3 is 15.7 Å². The van der Waals surface area contributed by atoms with Gasteiger partial charge in [-0.15, -0.1) is 0 Å². The SMILES string of the molecule is CCCC[C@H](NC(=O)NCc1cccc(C#N)c1)C(=O)O. The number of carbonyl (C=O) groups is 2. The lowest BCUT2D eigenvalue weighted by molar-refractivity contribution is -0.139. The molecular formula is C15H19N3O3. The molecule has 0 aliphatic heterocycles. The maximum atomic E-state index is 11.7. The van der Waals surface area contributed by atoms with Gasteiger partial charge in [-0.25, -0.2) is 9.59 Å². The van der Waals surface area contributed by atoms with Gasteiger partial charge in [0.05, 0.1) is 11.6 Å². The molecule has 0 aliphatic carbocycles. The van der Waals surface area contributed by atoms with Gasteiger partial charge in [0.15, 0.2) is 0 Å². The van der Waals surface area contributed by atoms with Gasteiger partial charge in [-0.1, -0.05) is 31.9 Å². The van der Waals surface area contributed by atoms with Gasteiger partial charge in [-0.05, 0) is 24.1 Å². The molecule has 0 unspecified atom stereocenters. The molecule has 1 rings (SSSR count). The Bertz CT molecular complexity index is 537. The molecule has 0 radical (unpaired) electrons. The molecule has 21 heavy (non-hydrogen) atoms. The van der Waals surface area contributed by atoms with E-state index < -0.39 is 18.0 Å². The highest BCUT2D eigenvalue weighted by Crippen LogP contribution is 2.04. The number of nitrogens with one attached hydrogen (secondary N) is 2. The summed E-state index contributed by atoms with van der Waals surface area (Å²) in [5, 5.41) is 22.8. The molecule has 1 aromatic carbocycles. The number of rotatable bonds is 7. The van der Waals surface area contributed by atoms with Gasteiger partial charge >= 0.3 is 12.0 Å². The van der Waals surface area contributed by atoms with Crippen LogP contribution in [-0.2, 0) is 11.3 Å². The molecule has 1 aromatic rings. The molecule has 0 saturated carbocycles. The van der Waals surface area contributed by atoms with E-state index in [0.29, 0.717) is 12.0 Å². The Labute approximate surface area is 123 Å². The van der Waals surface area contributed by atoms with Crippen LogP contribution in [0, 0.1) is 11.3 Å². The van der Waals surface area contributed by atoms with Crippen molar-refractivity contribution >= 4 is 12.0 Å². The number of carboxylic acids is 1. The van der Waals surface area contributed by atoms with Crippen molar-refractivity contribution in [3.8, 4) is 6.07 Å². The molecule has 112 valence electrons. The Hall–Kier alpha value is -2.55. The molecule has 0 bridgehead atoms. The third-order valence-electron chi connectivity index (χ3n) is 2.96. The molecule has 1 atom stereocenters. The monoisotopic (exact) mass is 289 g/mol. The van der Waals surface area contributed by atoms with E-state index in [1.54, 1.807) is 24.3 Å². The number of urea groups is 1. The second-order valence-electron chi connectivity index (χ2n) is 4.67. The van der Waals surface area contributed by atoms with Crippen LogP contribution in [0.4, 0.5) is 4.79 Å². The number of nitriles is 1. The first-order valence-electron chi connectivity index (χ1n) is 6.83. The zero-order valence-electron chi connectivity index (χ0n) is 11.9. The summed E-state index contributed by atoms with van der Waals surface area (Å²) in [5.74, 6) is -1.04. The van der Waals surface area contributed by atoms with Gasteiger partial charge in [0.1, 0.15) is 6.04 Å². The third-order valence-corrected chi connectivity index (χ3v) is 2.96. The van der Waals surface area contributed by atoms with E-state index >= 15 is 0 Å². The first kappa shape index (κ1) is 16.5. The highest BCUT2D eigenvalue weighted by atomic mass is 16.4. The summed E-state index contributed by atoms with van der Waals surface area (Å²) in [4.78, 5) is 22.7. The van der Waals surface area contributed by atoms with Gasteiger partial charge in [-0.2, -0.15) is 5.26 Å². The first-order chi connectivity index (χ1) is 10.1. The van der Waals surface area contributed by atoms with Crippen molar-refractivity contribution in [2.75, 3.05) is 0 Å². The number of aliphatic carboxylic acids is 1. The van der Waals surface area contributed by atoms with Crippen LogP contribution in [0.25, 0.3) is 0 Å². The molecule has 0 aliphatic rings. The number of hydrogen-bond donors (Lipinski definition) is 3. The second-order valence-corrected chi connectivity index (χ2v) is 4.67. The average molecular weight is 289 g/mol. The van der Waals surface area contributed by atoms with Crippen molar-refractivity contribution in [1.29, 1.82) is 5.26 Å². The molecule has 0 aromatic heterocycles. The van der Waals surface area contributed by atoms with Crippen LogP contribution in [0.5, 0.6) is 0 Å². The van der Waals surface area contributed by atoms with E-state index in [9.17, 15) is 9.59 Å². The van der Waals surface area contributed by atoms with E-state index in [4.69, 9.17) is 10.4 Å². The van der Waals surface area contributed by atoms with Crippen molar-refractivity contribution in [1.82, 2.24) is 10.6 Å². The molecule has 2 amide bonds. The predicted molar refractivity (Wildman–Crippen MR) is 77.5 cm³/mol. The summed E-state index contributed by atoms with van der Waals surface area (Å²) < 4.78 is 0. The highest BCUT2D eigenvalue weighted by molar-refractivity contribution is 5.82. The fraction of sp³-hybridized carbons (Fsp3) is 0.400. The number of unbranched alkanes of at least 4 members (excludes halogenated alkanes) is 1. The number of nitrogens with zero attached hydrogens (tertiary/aromatic N) is 1. The van der Waals surface area contributed by atoms with Crippen molar-refractivity contribution in [2.24, 2.45) is 0 Å². The Morgan fingerprint density at radius 3 is 2.81 bits per heavy atom. The smallest absolute Gasteiger partial charge is 0.326 e. The Kier molecular flexibility index (Phi) is 6.75. The zero-order valence-corrected chi connectivity index (χ0v) is 11.9.